The molecule has 2 saturated carbocycles. The predicted octanol–water partition coefficient (Wildman–Crippen LogP) is 2.95. The molecule has 2 bridgehead atoms. The van der Waals surface area contributed by atoms with Gasteiger partial charge < -0.3 is 0 Å². The van der Waals surface area contributed by atoms with Crippen molar-refractivity contribution in [2.75, 3.05) is 4.90 Å². The first-order valence-electron chi connectivity index (χ1n) is 8.32. The first-order valence-corrected chi connectivity index (χ1v) is 8.32. The number of carbonyl (C=O) groups is 2. The van der Waals surface area contributed by atoms with Crippen LogP contribution in [0.2, 0.25) is 0 Å². The molecule has 0 N–H and O–H groups in total. The average Bonchev–Trinajstić information content (AvgIpc) is 3.13. The van der Waals surface area contributed by atoms with Crippen LogP contribution in [0.1, 0.15) is 25.3 Å². The fourth-order valence-corrected chi connectivity index (χ4v) is 5.21. The number of amides is 2. The lowest BCUT2D eigenvalue weighted by atomic mass is 9.85. The van der Waals surface area contributed by atoms with Crippen LogP contribution in [0.4, 0.5) is 5.69 Å². The van der Waals surface area contributed by atoms with Crippen molar-refractivity contribution in [2.45, 2.75) is 26.2 Å². The van der Waals surface area contributed by atoms with Crippen LogP contribution in [0.15, 0.2) is 36.4 Å². The molecule has 1 saturated heterocycles. The Balaban J connectivity index is 1.53. The van der Waals surface area contributed by atoms with Gasteiger partial charge in [-0.25, -0.2) is 0 Å². The molecule has 4 atom stereocenters. The Labute approximate surface area is 130 Å². The van der Waals surface area contributed by atoms with Crippen molar-refractivity contribution in [3.8, 4) is 0 Å². The third kappa shape index (κ3) is 1.29. The number of allylic oxidation sites excluding steroid dienone is 2. The Bertz CT molecular complexity index is 679. The van der Waals surface area contributed by atoms with Crippen LogP contribution in [0, 0.1) is 29.1 Å². The highest BCUT2D eigenvalue weighted by atomic mass is 16.2. The lowest BCUT2D eigenvalue weighted by Gasteiger charge is -2.21. The first kappa shape index (κ1) is 12.6. The normalized spacial score (nSPS) is 36.5. The van der Waals surface area contributed by atoms with Gasteiger partial charge in [-0.2, -0.15) is 0 Å². The summed E-state index contributed by atoms with van der Waals surface area (Å²) >= 11 is 0. The van der Waals surface area contributed by atoms with Crippen molar-refractivity contribution in [2.24, 2.45) is 29.1 Å². The Hall–Kier alpha value is -1.90. The van der Waals surface area contributed by atoms with Gasteiger partial charge in [0.05, 0.1) is 17.5 Å². The zero-order chi connectivity index (χ0) is 15.1. The molecule has 22 heavy (non-hydrogen) atoms. The SMILES string of the molecule is CCc1ccc(N2C(=O)[C@H]3[C@H](C2=O)[C@@H]2C=C[C@H]3C23CC3)cc1. The Morgan fingerprint density at radius 1 is 1.00 bits per heavy atom. The van der Waals surface area contributed by atoms with Gasteiger partial charge in [-0.15, -0.1) is 0 Å². The minimum atomic E-state index is -0.101. The zero-order valence-electron chi connectivity index (χ0n) is 12.7. The Kier molecular flexibility index (Phi) is 2.23. The van der Waals surface area contributed by atoms with E-state index >= 15 is 0 Å². The fraction of sp³-hybridized carbons (Fsp3) is 0.474. The molecule has 0 radical (unpaired) electrons. The summed E-state index contributed by atoms with van der Waals surface area (Å²) in [7, 11) is 0. The second-order valence-corrected chi connectivity index (χ2v) is 7.25. The number of carbonyl (C=O) groups excluding carboxylic acids is 2. The van der Waals surface area contributed by atoms with Gasteiger partial charge in [0.1, 0.15) is 0 Å². The lowest BCUT2D eigenvalue weighted by molar-refractivity contribution is -0.123. The van der Waals surface area contributed by atoms with Gasteiger partial charge in [0, 0.05) is 0 Å². The number of benzene rings is 1. The Morgan fingerprint density at radius 3 is 2.00 bits per heavy atom. The van der Waals surface area contributed by atoms with Crippen molar-refractivity contribution < 1.29 is 9.59 Å². The van der Waals surface area contributed by atoms with E-state index in [2.05, 4.69) is 19.1 Å². The number of anilines is 1. The highest BCUT2D eigenvalue weighted by Gasteiger charge is 2.73. The van der Waals surface area contributed by atoms with Crippen LogP contribution in [0.5, 0.6) is 0 Å². The summed E-state index contributed by atoms with van der Waals surface area (Å²) in [6.07, 6.45) is 7.77. The Morgan fingerprint density at radius 2 is 1.55 bits per heavy atom. The molecule has 3 nitrogen and oxygen atoms in total. The van der Waals surface area contributed by atoms with E-state index in [1.165, 1.54) is 23.3 Å². The molecule has 0 unspecified atom stereocenters. The topological polar surface area (TPSA) is 37.4 Å². The van der Waals surface area contributed by atoms with Gasteiger partial charge >= 0.3 is 0 Å². The molecule has 5 rings (SSSR count). The molecule has 112 valence electrons. The number of imide groups is 1. The minimum absolute atomic E-state index is 0.0300. The average molecular weight is 293 g/mol. The molecule has 1 heterocycles. The first-order chi connectivity index (χ1) is 10.7. The summed E-state index contributed by atoms with van der Waals surface area (Å²) in [5, 5.41) is 0. The summed E-state index contributed by atoms with van der Waals surface area (Å²) in [4.78, 5) is 27.3. The highest BCUT2D eigenvalue weighted by Crippen LogP contribution is 2.73. The maximum atomic E-state index is 12.9. The number of aryl methyl sites for hydroxylation is 1. The van der Waals surface area contributed by atoms with Crippen molar-refractivity contribution >= 4 is 17.5 Å². The molecular weight excluding hydrogens is 274 g/mol. The van der Waals surface area contributed by atoms with Gasteiger partial charge in [-0.05, 0) is 54.2 Å². The van der Waals surface area contributed by atoms with Crippen LogP contribution >= 0.6 is 0 Å². The maximum absolute atomic E-state index is 12.9. The smallest absolute Gasteiger partial charge is 0.238 e. The summed E-state index contributed by atoms with van der Waals surface area (Å²) in [5.74, 6) is 0.467. The quantitative estimate of drug-likeness (QED) is 0.621. The van der Waals surface area contributed by atoms with E-state index in [0.717, 1.165) is 12.1 Å². The maximum Gasteiger partial charge on any atom is 0.238 e. The van der Waals surface area contributed by atoms with E-state index in [0.29, 0.717) is 11.8 Å². The van der Waals surface area contributed by atoms with E-state index in [4.69, 9.17) is 0 Å². The molecule has 4 aliphatic rings. The standard InChI is InChI=1S/C19H19NO2/c1-2-11-3-5-12(6-4-11)20-17(21)15-13-7-8-14(16(15)18(20)22)19(13)9-10-19/h3-8,13-16H,2,9-10H2,1H3/t13-,14+,15-,16-/m1/s1. The lowest BCUT2D eigenvalue weighted by Crippen LogP contribution is -2.34. The molecule has 3 fully saturated rings. The molecule has 1 aromatic rings. The van der Waals surface area contributed by atoms with Crippen LogP contribution in [-0.4, -0.2) is 11.8 Å². The summed E-state index contributed by atoms with van der Waals surface area (Å²) in [6, 6.07) is 7.86. The largest absolute Gasteiger partial charge is 0.274 e. The van der Waals surface area contributed by atoms with Gasteiger partial charge in [0.15, 0.2) is 0 Å². The number of rotatable bonds is 2. The van der Waals surface area contributed by atoms with Gasteiger partial charge in [-0.1, -0.05) is 31.2 Å². The van der Waals surface area contributed by atoms with Gasteiger partial charge in [0.25, 0.3) is 0 Å². The third-order valence-corrected chi connectivity index (χ3v) is 6.46. The fourth-order valence-electron chi connectivity index (χ4n) is 5.21. The monoisotopic (exact) mass is 293 g/mol. The number of fused-ring (bicyclic) bond motifs is 3. The van der Waals surface area contributed by atoms with E-state index in [9.17, 15) is 9.59 Å². The summed E-state index contributed by atoms with van der Waals surface area (Å²) in [5.41, 5.74) is 2.24. The molecule has 3 heteroatoms. The van der Waals surface area contributed by atoms with Crippen molar-refractivity contribution in [3.63, 3.8) is 0 Å². The van der Waals surface area contributed by atoms with Crippen LogP contribution in [0.3, 0.4) is 0 Å². The number of hydrogen-bond donors (Lipinski definition) is 0. The van der Waals surface area contributed by atoms with Gasteiger partial charge in [-0.3, -0.25) is 14.5 Å². The van der Waals surface area contributed by atoms with Crippen molar-refractivity contribution in [3.05, 3.63) is 42.0 Å². The number of nitrogens with zero attached hydrogens (tertiary/aromatic N) is 1. The molecule has 0 aromatic heterocycles. The van der Waals surface area contributed by atoms with Crippen molar-refractivity contribution in [1.82, 2.24) is 0 Å². The second kappa shape index (κ2) is 3.89. The molecule has 1 spiro atoms. The molecule has 3 aliphatic carbocycles. The molecule has 1 aromatic carbocycles. The van der Waals surface area contributed by atoms with E-state index < -0.39 is 0 Å². The van der Waals surface area contributed by atoms with E-state index in [1.54, 1.807) is 0 Å². The van der Waals surface area contributed by atoms with Gasteiger partial charge in [0.2, 0.25) is 11.8 Å². The van der Waals surface area contributed by atoms with E-state index in [1.807, 2.05) is 24.3 Å². The van der Waals surface area contributed by atoms with Crippen molar-refractivity contribution in [1.29, 1.82) is 0 Å². The summed E-state index contributed by atoms with van der Waals surface area (Å²) in [6.45, 7) is 2.10. The minimum Gasteiger partial charge on any atom is -0.274 e. The second-order valence-electron chi connectivity index (χ2n) is 7.25. The molecular formula is C19H19NO2. The van der Waals surface area contributed by atoms with Crippen LogP contribution in [-0.2, 0) is 16.0 Å². The third-order valence-electron chi connectivity index (χ3n) is 6.46. The highest BCUT2D eigenvalue weighted by molar-refractivity contribution is 6.23. The number of hydrogen-bond acceptors (Lipinski definition) is 2. The van der Waals surface area contributed by atoms with E-state index in [-0.39, 0.29) is 29.1 Å². The predicted molar refractivity (Wildman–Crippen MR) is 83.1 cm³/mol. The molecule has 1 aliphatic heterocycles. The molecule has 2 amide bonds. The van der Waals surface area contributed by atoms with Crippen LogP contribution in [0.25, 0.3) is 0 Å². The summed E-state index contributed by atoms with van der Waals surface area (Å²) < 4.78 is 0. The van der Waals surface area contributed by atoms with Crippen LogP contribution < -0.4 is 4.90 Å². The zero-order valence-corrected chi connectivity index (χ0v) is 12.7.